The molecule has 0 aromatic carbocycles. The van der Waals surface area contributed by atoms with Crippen molar-refractivity contribution in [1.29, 1.82) is 0 Å². The largest absolute Gasteiger partial charge is 0.459 e. The van der Waals surface area contributed by atoms with Crippen LogP contribution in [0.3, 0.4) is 0 Å². The molecule has 0 bridgehead atoms. The van der Waals surface area contributed by atoms with E-state index in [1.807, 2.05) is 27.7 Å². The number of hydrogen-bond acceptors (Lipinski definition) is 5. The van der Waals surface area contributed by atoms with Crippen molar-refractivity contribution < 1.29 is 9.53 Å². The maximum absolute atomic E-state index is 12.4. The standard InChI is InChI=1S/C15H26N4O2/c1-5-12(14(20)21-15(2,3)4)19-8-6-7-11(9-19)13-16-10-17-18-13/h10-12H,5-9H2,1-4H3,(H,16,17,18)/t11-,12-/m0/s1. The van der Waals surface area contributed by atoms with Gasteiger partial charge in [-0.05, 0) is 46.6 Å². The third kappa shape index (κ3) is 4.27. The second kappa shape index (κ2) is 6.56. The summed E-state index contributed by atoms with van der Waals surface area (Å²) in [5.74, 6) is 1.11. The Hall–Kier alpha value is -1.43. The Morgan fingerprint density at radius 2 is 2.33 bits per heavy atom. The lowest BCUT2D eigenvalue weighted by Gasteiger charge is -2.37. The second-order valence-corrected chi connectivity index (χ2v) is 6.66. The number of nitrogens with one attached hydrogen (secondary N) is 1. The van der Waals surface area contributed by atoms with Crippen molar-refractivity contribution in [2.45, 2.75) is 64.5 Å². The van der Waals surface area contributed by atoms with Gasteiger partial charge in [-0.3, -0.25) is 14.8 Å². The molecule has 6 heteroatoms. The minimum absolute atomic E-state index is 0.122. The second-order valence-electron chi connectivity index (χ2n) is 6.66. The molecule has 2 heterocycles. The number of ether oxygens (including phenoxy) is 1. The molecule has 0 unspecified atom stereocenters. The molecular weight excluding hydrogens is 268 g/mol. The van der Waals surface area contributed by atoms with Crippen LogP contribution in [-0.4, -0.2) is 50.8 Å². The first-order valence-corrected chi connectivity index (χ1v) is 7.73. The van der Waals surface area contributed by atoms with Gasteiger partial charge < -0.3 is 4.74 Å². The molecule has 118 valence electrons. The minimum atomic E-state index is -0.440. The molecule has 1 aromatic rings. The van der Waals surface area contributed by atoms with Crippen LogP contribution in [0.5, 0.6) is 0 Å². The van der Waals surface area contributed by atoms with Gasteiger partial charge >= 0.3 is 5.97 Å². The number of nitrogens with zero attached hydrogens (tertiary/aromatic N) is 3. The molecule has 0 saturated carbocycles. The summed E-state index contributed by atoms with van der Waals surface area (Å²) in [6.07, 6.45) is 4.44. The summed E-state index contributed by atoms with van der Waals surface area (Å²) in [5, 5.41) is 6.87. The van der Waals surface area contributed by atoms with E-state index in [1.54, 1.807) is 6.33 Å². The van der Waals surface area contributed by atoms with Crippen LogP contribution in [0.15, 0.2) is 6.33 Å². The molecule has 21 heavy (non-hydrogen) atoms. The van der Waals surface area contributed by atoms with Crippen molar-refractivity contribution >= 4 is 5.97 Å². The quantitative estimate of drug-likeness (QED) is 0.861. The lowest BCUT2D eigenvalue weighted by atomic mass is 9.95. The fraction of sp³-hybridized carbons (Fsp3) is 0.800. The number of aromatic amines is 1. The molecule has 0 spiro atoms. The number of H-pyrrole nitrogens is 1. The van der Waals surface area contributed by atoms with Crippen molar-refractivity contribution in [2.75, 3.05) is 13.1 Å². The van der Waals surface area contributed by atoms with Crippen LogP contribution in [0.25, 0.3) is 0 Å². The van der Waals surface area contributed by atoms with Gasteiger partial charge in [0.05, 0.1) is 0 Å². The van der Waals surface area contributed by atoms with Crippen LogP contribution in [-0.2, 0) is 9.53 Å². The monoisotopic (exact) mass is 294 g/mol. The number of piperidine rings is 1. The summed E-state index contributed by atoms with van der Waals surface area (Å²) in [5.41, 5.74) is -0.440. The van der Waals surface area contributed by atoms with E-state index in [0.717, 1.165) is 38.2 Å². The average molecular weight is 294 g/mol. The van der Waals surface area contributed by atoms with Gasteiger partial charge in [0.25, 0.3) is 0 Å². The molecule has 2 atom stereocenters. The number of esters is 1. The van der Waals surface area contributed by atoms with Crippen molar-refractivity contribution in [3.63, 3.8) is 0 Å². The summed E-state index contributed by atoms with van der Waals surface area (Å²) in [6, 6.07) is -0.171. The molecule has 0 radical (unpaired) electrons. The molecule has 1 saturated heterocycles. The van der Waals surface area contributed by atoms with Gasteiger partial charge in [-0.1, -0.05) is 6.92 Å². The molecule has 6 nitrogen and oxygen atoms in total. The highest BCUT2D eigenvalue weighted by Crippen LogP contribution is 2.26. The van der Waals surface area contributed by atoms with E-state index in [0.29, 0.717) is 5.92 Å². The van der Waals surface area contributed by atoms with E-state index in [1.165, 1.54) is 0 Å². The van der Waals surface area contributed by atoms with Gasteiger partial charge in [0.2, 0.25) is 0 Å². The van der Waals surface area contributed by atoms with Crippen LogP contribution in [0.1, 0.15) is 58.7 Å². The highest BCUT2D eigenvalue weighted by molar-refractivity contribution is 5.76. The Balaban J connectivity index is 2.02. The summed E-state index contributed by atoms with van der Waals surface area (Å²) < 4.78 is 5.55. The highest BCUT2D eigenvalue weighted by Gasteiger charge is 2.33. The normalized spacial score (nSPS) is 22.0. The Labute approximate surface area is 126 Å². The summed E-state index contributed by atoms with van der Waals surface area (Å²) in [4.78, 5) is 18.9. The van der Waals surface area contributed by atoms with Crippen molar-refractivity contribution in [3.8, 4) is 0 Å². The maximum Gasteiger partial charge on any atom is 0.323 e. The number of hydrogen-bond donors (Lipinski definition) is 1. The van der Waals surface area contributed by atoms with Gasteiger partial charge in [-0.15, -0.1) is 0 Å². The van der Waals surface area contributed by atoms with Gasteiger partial charge in [-0.2, -0.15) is 5.10 Å². The third-order valence-electron chi connectivity index (χ3n) is 3.78. The first kappa shape index (κ1) is 15.9. The Morgan fingerprint density at radius 1 is 1.57 bits per heavy atom. The predicted octanol–water partition coefficient (Wildman–Crippen LogP) is 2.10. The topological polar surface area (TPSA) is 71.1 Å². The lowest BCUT2D eigenvalue weighted by molar-refractivity contribution is -0.162. The first-order valence-electron chi connectivity index (χ1n) is 7.73. The van der Waals surface area contributed by atoms with Gasteiger partial charge in [0.1, 0.15) is 23.8 Å². The Bertz CT molecular complexity index is 453. The van der Waals surface area contributed by atoms with Crippen LogP contribution in [0.2, 0.25) is 0 Å². The van der Waals surface area contributed by atoms with E-state index in [2.05, 4.69) is 20.1 Å². The molecule has 1 aromatic heterocycles. The molecular formula is C15H26N4O2. The predicted molar refractivity (Wildman–Crippen MR) is 79.9 cm³/mol. The zero-order valence-electron chi connectivity index (χ0n) is 13.4. The van der Waals surface area contributed by atoms with Crippen molar-refractivity contribution in [1.82, 2.24) is 20.1 Å². The van der Waals surface area contributed by atoms with Gasteiger partial charge in [0.15, 0.2) is 0 Å². The summed E-state index contributed by atoms with van der Waals surface area (Å²) in [7, 11) is 0. The third-order valence-corrected chi connectivity index (χ3v) is 3.78. The lowest BCUT2D eigenvalue weighted by Crippen LogP contribution is -2.48. The Morgan fingerprint density at radius 3 is 2.90 bits per heavy atom. The van der Waals surface area contributed by atoms with Crippen LogP contribution in [0, 0.1) is 0 Å². The van der Waals surface area contributed by atoms with E-state index >= 15 is 0 Å². The van der Waals surface area contributed by atoms with Gasteiger partial charge in [0, 0.05) is 12.5 Å². The molecule has 1 aliphatic heterocycles. The summed E-state index contributed by atoms with van der Waals surface area (Å²) in [6.45, 7) is 9.52. The van der Waals surface area contributed by atoms with Crippen molar-refractivity contribution in [3.05, 3.63) is 12.2 Å². The fourth-order valence-corrected chi connectivity index (χ4v) is 2.87. The minimum Gasteiger partial charge on any atom is -0.459 e. The Kier molecular flexibility index (Phi) is 4.98. The molecule has 0 amide bonds. The smallest absolute Gasteiger partial charge is 0.323 e. The van der Waals surface area contributed by atoms with E-state index in [9.17, 15) is 4.79 Å². The van der Waals surface area contributed by atoms with E-state index < -0.39 is 5.60 Å². The molecule has 1 N–H and O–H groups in total. The molecule has 2 rings (SSSR count). The zero-order valence-corrected chi connectivity index (χ0v) is 13.4. The zero-order chi connectivity index (χ0) is 15.5. The van der Waals surface area contributed by atoms with Crippen LogP contribution < -0.4 is 0 Å². The fourth-order valence-electron chi connectivity index (χ4n) is 2.87. The highest BCUT2D eigenvalue weighted by atomic mass is 16.6. The average Bonchev–Trinajstić information content (AvgIpc) is 2.91. The molecule has 1 fully saturated rings. The van der Waals surface area contributed by atoms with E-state index in [4.69, 9.17) is 4.74 Å². The number of rotatable bonds is 4. The number of carbonyl (C=O) groups excluding carboxylic acids is 1. The van der Waals surface area contributed by atoms with Crippen LogP contribution >= 0.6 is 0 Å². The van der Waals surface area contributed by atoms with Crippen LogP contribution in [0.4, 0.5) is 0 Å². The molecule has 1 aliphatic rings. The number of carbonyl (C=O) groups is 1. The molecule has 0 aliphatic carbocycles. The van der Waals surface area contributed by atoms with Crippen molar-refractivity contribution in [2.24, 2.45) is 0 Å². The van der Waals surface area contributed by atoms with Gasteiger partial charge in [-0.25, -0.2) is 4.98 Å². The first-order chi connectivity index (χ1) is 9.90. The maximum atomic E-state index is 12.4. The van der Waals surface area contributed by atoms with E-state index in [-0.39, 0.29) is 12.0 Å². The summed E-state index contributed by atoms with van der Waals surface area (Å²) >= 11 is 0. The number of likely N-dealkylation sites (tertiary alicyclic amines) is 1. The number of aromatic nitrogens is 3. The SMILES string of the molecule is CC[C@@H](C(=O)OC(C)(C)C)N1CCC[C@H](c2ncn[nH]2)C1.